The number of nitrogens with one attached hydrogen (secondary N) is 2. The molecule has 0 radical (unpaired) electrons. The molecule has 1 aromatic heterocycles. The van der Waals surface area contributed by atoms with Crippen LogP contribution in [0.4, 0.5) is 11.6 Å². The van der Waals surface area contributed by atoms with Crippen LogP contribution in [0.15, 0.2) is 36.7 Å². The average molecular weight is 410 g/mol. The van der Waals surface area contributed by atoms with Gasteiger partial charge in [0.1, 0.15) is 23.7 Å². The Bertz CT molecular complexity index is 855. The van der Waals surface area contributed by atoms with Crippen LogP contribution in [-0.4, -0.2) is 42.1 Å². The van der Waals surface area contributed by atoms with Crippen LogP contribution >= 0.6 is 0 Å². The molecule has 1 saturated carbocycles. The number of hydrogen-bond acceptors (Lipinski definition) is 6. The first kappa shape index (κ1) is 20.4. The number of hydrogen-bond donors (Lipinski definition) is 2. The zero-order chi connectivity index (χ0) is 20.8. The molecule has 30 heavy (non-hydrogen) atoms. The minimum absolute atomic E-state index is 0.105. The van der Waals surface area contributed by atoms with E-state index in [-0.39, 0.29) is 5.91 Å². The van der Waals surface area contributed by atoms with Crippen LogP contribution < -0.4 is 20.3 Å². The molecule has 2 aromatic rings. The van der Waals surface area contributed by atoms with Gasteiger partial charge in [-0.05, 0) is 55.7 Å². The second-order valence-corrected chi connectivity index (χ2v) is 8.30. The van der Waals surface area contributed by atoms with E-state index in [1.54, 1.807) is 13.4 Å². The van der Waals surface area contributed by atoms with E-state index in [1.165, 1.54) is 12.8 Å². The Labute approximate surface area is 178 Å². The van der Waals surface area contributed by atoms with Gasteiger partial charge in [-0.3, -0.25) is 4.79 Å². The van der Waals surface area contributed by atoms with Gasteiger partial charge in [0.05, 0.1) is 7.11 Å². The molecular formula is C23H31N5O2. The second-order valence-electron chi connectivity index (χ2n) is 8.30. The number of methoxy groups -OCH3 is 1. The van der Waals surface area contributed by atoms with Crippen molar-refractivity contribution >= 4 is 17.5 Å². The summed E-state index contributed by atoms with van der Waals surface area (Å²) < 4.78 is 5.23. The Kier molecular flexibility index (Phi) is 6.67. The predicted octanol–water partition coefficient (Wildman–Crippen LogP) is 3.37. The van der Waals surface area contributed by atoms with Gasteiger partial charge in [-0.2, -0.15) is 0 Å². The van der Waals surface area contributed by atoms with Crippen molar-refractivity contribution in [2.45, 2.75) is 51.1 Å². The Balaban J connectivity index is 1.23. The highest BCUT2D eigenvalue weighted by Crippen LogP contribution is 2.28. The Hall–Kier alpha value is -2.83. The average Bonchev–Trinajstić information content (AvgIpc) is 3.61. The van der Waals surface area contributed by atoms with Crippen molar-refractivity contribution in [3.8, 4) is 5.75 Å². The number of piperidine rings is 1. The molecule has 7 nitrogen and oxygen atoms in total. The molecule has 1 aliphatic carbocycles. The fraction of sp³-hybridized carbons (Fsp3) is 0.522. The molecule has 2 N–H and O–H groups in total. The first-order chi connectivity index (χ1) is 14.7. The molecule has 1 atom stereocenters. The summed E-state index contributed by atoms with van der Waals surface area (Å²) in [7, 11) is 1.65. The van der Waals surface area contributed by atoms with Crippen LogP contribution in [-0.2, 0) is 11.3 Å². The van der Waals surface area contributed by atoms with Crippen molar-refractivity contribution in [3.63, 3.8) is 0 Å². The third-order valence-electron chi connectivity index (χ3n) is 5.83. The summed E-state index contributed by atoms with van der Waals surface area (Å²) >= 11 is 0. The molecule has 7 heteroatoms. The van der Waals surface area contributed by atoms with Crippen molar-refractivity contribution in [2.75, 3.05) is 30.4 Å². The molecule has 2 heterocycles. The van der Waals surface area contributed by atoms with Crippen LogP contribution in [0.2, 0.25) is 0 Å². The third-order valence-corrected chi connectivity index (χ3v) is 5.83. The Morgan fingerprint density at radius 1 is 1.23 bits per heavy atom. The molecule has 1 aliphatic heterocycles. The van der Waals surface area contributed by atoms with Crippen molar-refractivity contribution in [1.82, 2.24) is 15.3 Å². The molecule has 4 rings (SSSR count). The number of aromatic nitrogens is 2. The summed E-state index contributed by atoms with van der Waals surface area (Å²) in [6, 6.07) is 10.4. The van der Waals surface area contributed by atoms with Gasteiger partial charge in [-0.25, -0.2) is 9.97 Å². The van der Waals surface area contributed by atoms with E-state index in [4.69, 9.17) is 4.74 Å². The zero-order valence-corrected chi connectivity index (χ0v) is 17.6. The van der Waals surface area contributed by atoms with E-state index in [1.807, 2.05) is 24.3 Å². The highest BCUT2D eigenvalue weighted by molar-refractivity contribution is 5.75. The van der Waals surface area contributed by atoms with Gasteiger partial charge in [-0.15, -0.1) is 0 Å². The number of carbonyl (C=O) groups excluding carboxylic acids is 1. The molecule has 1 saturated heterocycles. The quantitative estimate of drug-likeness (QED) is 0.661. The lowest BCUT2D eigenvalue weighted by atomic mass is 9.93. The number of benzene rings is 1. The number of amides is 1. The van der Waals surface area contributed by atoms with E-state index < -0.39 is 0 Å². The lowest BCUT2D eigenvalue weighted by molar-refractivity contribution is -0.121. The molecule has 0 spiro atoms. The monoisotopic (exact) mass is 409 g/mol. The van der Waals surface area contributed by atoms with E-state index in [0.717, 1.165) is 55.3 Å². The molecule has 2 aliphatic rings. The summed E-state index contributed by atoms with van der Waals surface area (Å²) in [5, 5.41) is 6.47. The number of ether oxygens (including phenoxy) is 1. The summed E-state index contributed by atoms with van der Waals surface area (Å²) in [6.45, 7) is 2.49. The van der Waals surface area contributed by atoms with Gasteiger partial charge >= 0.3 is 0 Å². The normalized spacial score (nSPS) is 18.7. The summed E-state index contributed by atoms with van der Waals surface area (Å²) in [5.74, 6) is 3.33. The van der Waals surface area contributed by atoms with Crippen LogP contribution in [0, 0.1) is 5.92 Å². The minimum Gasteiger partial charge on any atom is -0.497 e. The zero-order valence-electron chi connectivity index (χ0n) is 17.6. The molecule has 0 unspecified atom stereocenters. The Morgan fingerprint density at radius 2 is 2.13 bits per heavy atom. The molecule has 160 valence electrons. The number of carbonyl (C=O) groups is 1. The number of anilines is 2. The maximum atomic E-state index is 12.3. The van der Waals surface area contributed by atoms with Gasteiger partial charge in [-0.1, -0.05) is 12.1 Å². The molecular weight excluding hydrogens is 378 g/mol. The molecule has 0 bridgehead atoms. The van der Waals surface area contributed by atoms with Crippen LogP contribution in [0.3, 0.4) is 0 Å². The number of nitrogens with zero attached hydrogens (tertiary/aromatic N) is 3. The lowest BCUT2D eigenvalue weighted by Gasteiger charge is -2.33. The van der Waals surface area contributed by atoms with Gasteiger partial charge in [0, 0.05) is 38.2 Å². The van der Waals surface area contributed by atoms with Gasteiger partial charge in [0.2, 0.25) is 5.91 Å². The highest BCUT2D eigenvalue weighted by atomic mass is 16.5. The fourth-order valence-corrected chi connectivity index (χ4v) is 3.95. The van der Waals surface area contributed by atoms with Crippen LogP contribution in [0.5, 0.6) is 5.75 Å². The summed E-state index contributed by atoms with van der Waals surface area (Å²) in [5.41, 5.74) is 1.05. The molecule has 2 fully saturated rings. The topological polar surface area (TPSA) is 79.4 Å². The first-order valence-electron chi connectivity index (χ1n) is 10.9. The number of rotatable bonds is 9. The van der Waals surface area contributed by atoms with Gasteiger partial charge in [0.15, 0.2) is 0 Å². The van der Waals surface area contributed by atoms with Gasteiger partial charge < -0.3 is 20.3 Å². The van der Waals surface area contributed by atoms with E-state index >= 15 is 0 Å². The van der Waals surface area contributed by atoms with Crippen LogP contribution in [0.1, 0.15) is 44.1 Å². The SMILES string of the molecule is COc1cccc(CNC(=O)CC[C@@H]2CCCN(c3cc(NC4CC4)ncn3)C2)c1. The molecule has 1 aromatic carbocycles. The summed E-state index contributed by atoms with van der Waals surface area (Å²) in [4.78, 5) is 23.5. The first-order valence-corrected chi connectivity index (χ1v) is 10.9. The second kappa shape index (κ2) is 9.78. The largest absolute Gasteiger partial charge is 0.497 e. The Morgan fingerprint density at radius 3 is 2.97 bits per heavy atom. The van der Waals surface area contributed by atoms with E-state index in [0.29, 0.717) is 24.9 Å². The van der Waals surface area contributed by atoms with Gasteiger partial charge in [0.25, 0.3) is 0 Å². The fourth-order valence-electron chi connectivity index (χ4n) is 3.95. The molecule has 1 amide bonds. The third kappa shape index (κ3) is 5.84. The van der Waals surface area contributed by atoms with E-state index in [2.05, 4.69) is 31.6 Å². The van der Waals surface area contributed by atoms with Crippen molar-refractivity contribution in [3.05, 3.63) is 42.2 Å². The highest BCUT2D eigenvalue weighted by Gasteiger charge is 2.24. The smallest absolute Gasteiger partial charge is 0.220 e. The standard InChI is InChI=1S/C23H31N5O2/c1-30-20-6-2-4-18(12-20)14-24-23(29)10-7-17-5-3-11-28(15-17)22-13-21(25-16-26-22)27-19-8-9-19/h2,4,6,12-13,16-17,19H,3,5,7-11,14-15H2,1H3,(H,24,29)(H,25,26,27)/t17-/m0/s1. The maximum absolute atomic E-state index is 12.3. The lowest BCUT2D eigenvalue weighted by Crippen LogP contribution is -2.36. The van der Waals surface area contributed by atoms with Crippen LogP contribution in [0.25, 0.3) is 0 Å². The maximum Gasteiger partial charge on any atom is 0.220 e. The van der Waals surface area contributed by atoms with Crippen molar-refractivity contribution in [2.24, 2.45) is 5.92 Å². The van der Waals surface area contributed by atoms with Crippen molar-refractivity contribution in [1.29, 1.82) is 0 Å². The predicted molar refractivity (Wildman–Crippen MR) is 118 cm³/mol. The van der Waals surface area contributed by atoms with E-state index in [9.17, 15) is 4.79 Å². The summed E-state index contributed by atoms with van der Waals surface area (Å²) in [6.07, 6.45) is 7.86. The minimum atomic E-state index is 0.105. The van der Waals surface area contributed by atoms with Crippen molar-refractivity contribution < 1.29 is 9.53 Å².